The number of urea groups is 1. The number of amides is 2. The molecule has 0 bridgehead atoms. The molecule has 36 heavy (non-hydrogen) atoms. The summed E-state index contributed by atoms with van der Waals surface area (Å²) in [5, 5.41) is 3.03. The number of benzene rings is 3. The van der Waals surface area contributed by atoms with E-state index in [2.05, 4.69) is 18.3 Å². The number of rotatable bonds is 13. The van der Waals surface area contributed by atoms with Crippen molar-refractivity contribution in [3.05, 3.63) is 78.9 Å². The number of hydrogen-bond acceptors (Lipinski definition) is 4. The van der Waals surface area contributed by atoms with E-state index in [4.69, 9.17) is 4.74 Å². The average Bonchev–Trinajstić information content (AvgIpc) is 2.88. The number of esters is 1. The summed E-state index contributed by atoms with van der Waals surface area (Å²) < 4.78 is 5.35. The van der Waals surface area contributed by atoms with Crippen molar-refractivity contribution in [1.29, 1.82) is 0 Å². The van der Waals surface area contributed by atoms with Crippen LogP contribution in [-0.4, -0.2) is 18.5 Å². The van der Waals surface area contributed by atoms with Crippen molar-refractivity contribution in [2.24, 2.45) is 0 Å². The second-order valence-electron chi connectivity index (χ2n) is 8.66. The zero-order chi connectivity index (χ0) is 25.6. The molecule has 0 heterocycles. The van der Waals surface area contributed by atoms with Crippen LogP contribution in [0.5, 0.6) is 5.75 Å². The minimum atomic E-state index is -0.214. The lowest BCUT2D eigenvalue weighted by Gasteiger charge is -2.24. The molecule has 0 spiro atoms. The smallest absolute Gasteiger partial charge is 0.326 e. The maximum absolute atomic E-state index is 13.2. The first-order chi connectivity index (χ1) is 17.6. The Kier molecular flexibility index (Phi) is 11.4. The molecule has 0 radical (unpaired) electrons. The van der Waals surface area contributed by atoms with E-state index in [-0.39, 0.29) is 12.0 Å². The van der Waals surface area contributed by atoms with Crippen LogP contribution in [0.15, 0.2) is 88.7 Å². The molecule has 1 N–H and O–H groups in total. The molecule has 3 aromatic rings. The van der Waals surface area contributed by atoms with Gasteiger partial charge in [-0.1, -0.05) is 75.6 Å². The van der Waals surface area contributed by atoms with Gasteiger partial charge in [-0.3, -0.25) is 9.69 Å². The maximum atomic E-state index is 13.2. The third-order valence-electron chi connectivity index (χ3n) is 5.63. The highest BCUT2D eigenvalue weighted by Crippen LogP contribution is 2.32. The summed E-state index contributed by atoms with van der Waals surface area (Å²) in [7, 11) is 0. The van der Waals surface area contributed by atoms with Gasteiger partial charge in [0, 0.05) is 34.1 Å². The largest absolute Gasteiger partial charge is 0.427 e. The predicted octanol–water partition coefficient (Wildman–Crippen LogP) is 8.55. The zero-order valence-corrected chi connectivity index (χ0v) is 22.1. The molecule has 0 aliphatic rings. The fraction of sp³-hybridized carbons (Fsp3) is 0.333. The molecule has 0 fully saturated rings. The van der Waals surface area contributed by atoms with Gasteiger partial charge in [0.25, 0.3) is 0 Å². The van der Waals surface area contributed by atoms with Crippen LogP contribution in [0.4, 0.5) is 16.2 Å². The van der Waals surface area contributed by atoms with Gasteiger partial charge in [-0.25, -0.2) is 4.79 Å². The Balaban J connectivity index is 1.70. The molecular weight excluding hydrogens is 468 g/mol. The molecule has 0 atom stereocenters. The van der Waals surface area contributed by atoms with Gasteiger partial charge in [0.1, 0.15) is 5.75 Å². The van der Waals surface area contributed by atoms with Crippen molar-refractivity contribution >= 4 is 35.1 Å². The van der Waals surface area contributed by atoms with E-state index >= 15 is 0 Å². The Morgan fingerprint density at radius 1 is 0.806 bits per heavy atom. The molecule has 5 nitrogen and oxygen atoms in total. The molecule has 0 aliphatic heterocycles. The van der Waals surface area contributed by atoms with Crippen LogP contribution in [-0.2, 0) is 4.79 Å². The second kappa shape index (κ2) is 15.0. The normalized spacial score (nSPS) is 10.6. The molecule has 0 unspecified atom stereocenters. The van der Waals surface area contributed by atoms with E-state index in [0.717, 1.165) is 40.4 Å². The summed E-state index contributed by atoms with van der Waals surface area (Å²) in [6.07, 6.45) is 6.84. The number of nitrogens with zero attached hydrogens (tertiary/aromatic N) is 1. The number of hydrogen-bond donors (Lipinski definition) is 1. The predicted molar refractivity (Wildman–Crippen MR) is 149 cm³/mol. The molecule has 3 rings (SSSR count). The van der Waals surface area contributed by atoms with Crippen LogP contribution < -0.4 is 15.0 Å². The van der Waals surface area contributed by atoms with E-state index < -0.39 is 0 Å². The average molecular weight is 505 g/mol. The Hall–Kier alpha value is -3.25. The van der Waals surface area contributed by atoms with Gasteiger partial charge >= 0.3 is 12.0 Å². The van der Waals surface area contributed by atoms with Crippen molar-refractivity contribution in [2.75, 3.05) is 16.8 Å². The van der Waals surface area contributed by atoms with Crippen LogP contribution in [0.1, 0.15) is 58.8 Å². The lowest BCUT2D eigenvalue weighted by molar-refractivity contribution is -0.134. The fourth-order valence-electron chi connectivity index (χ4n) is 3.75. The quantitative estimate of drug-likeness (QED) is 0.144. The molecule has 190 valence electrons. The van der Waals surface area contributed by atoms with Gasteiger partial charge in [0.05, 0.1) is 0 Å². The highest BCUT2D eigenvalue weighted by molar-refractivity contribution is 7.99. The number of carbonyl (C=O) groups excluding carboxylic acids is 2. The lowest BCUT2D eigenvalue weighted by atomic mass is 10.1. The fourth-order valence-corrected chi connectivity index (χ4v) is 4.62. The first kappa shape index (κ1) is 27.3. The van der Waals surface area contributed by atoms with Gasteiger partial charge < -0.3 is 10.1 Å². The van der Waals surface area contributed by atoms with Crippen molar-refractivity contribution in [3.63, 3.8) is 0 Å². The molecule has 3 aromatic carbocycles. The molecule has 0 aromatic heterocycles. The number of para-hydroxylation sites is 1. The summed E-state index contributed by atoms with van der Waals surface area (Å²) in [6.45, 7) is 4.82. The van der Waals surface area contributed by atoms with E-state index in [0.29, 0.717) is 18.7 Å². The van der Waals surface area contributed by atoms with E-state index in [1.807, 2.05) is 84.6 Å². The minimum absolute atomic E-state index is 0.128. The minimum Gasteiger partial charge on any atom is -0.427 e. The first-order valence-electron chi connectivity index (χ1n) is 12.8. The molecular formula is C30H36N2O3S. The lowest BCUT2D eigenvalue weighted by Crippen LogP contribution is -2.35. The van der Waals surface area contributed by atoms with Crippen molar-refractivity contribution in [3.8, 4) is 5.75 Å². The van der Waals surface area contributed by atoms with E-state index in [1.165, 1.54) is 19.3 Å². The van der Waals surface area contributed by atoms with Gasteiger partial charge in [-0.15, -0.1) is 0 Å². The summed E-state index contributed by atoms with van der Waals surface area (Å²) in [6, 6.07) is 25.0. The summed E-state index contributed by atoms with van der Waals surface area (Å²) in [4.78, 5) is 28.9. The number of ether oxygens (including phenoxy) is 1. The Morgan fingerprint density at radius 3 is 2.28 bits per heavy atom. The van der Waals surface area contributed by atoms with Crippen LogP contribution in [0.25, 0.3) is 0 Å². The summed E-state index contributed by atoms with van der Waals surface area (Å²) >= 11 is 1.61. The monoisotopic (exact) mass is 504 g/mol. The van der Waals surface area contributed by atoms with E-state index in [1.54, 1.807) is 11.8 Å². The van der Waals surface area contributed by atoms with Gasteiger partial charge in [-0.05, 0) is 67.4 Å². The molecule has 6 heteroatoms. The third kappa shape index (κ3) is 9.08. The van der Waals surface area contributed by atoms with Crippen LogP contribution >= 0.6 is 11.8 Å². The van der Waals surface area contributed by atoms with Crippen molar-refractivity contribution in [1.82, 2.24) is 0 Å². The number of nitrogens with one attached hydrogen (secondary N) is 1. The van der Waals surface area contributed by atoms with Crippen molar-refractivity contribution in [2.45, 2.75) is 68.6 Å². The van der Waals surface area contributed by atoms with Crippen molar-refractivity contribution < 1.29 is 14.3 Å². The van der Waals surface area contributed by atoms with E-state index in [9.17, 15) is 9.59 Å². The first-order valence-corrected chi connectivity index (χ1v) is 13.6. The number of unbranched alkanes of at least 4 members (excludes halogenated alkanes) is 4. The molecule has 0 saturated heterocycles. The van der Waals surface area contributed by atoms with Gasteiger partial charge in [0.2, 0.25) is 0 Å². The third-order valence-corrected chi connectivity index (χ3v) is 6.63. The van der Waals surface area contributed by atoms with Crippen LogP contribution in [0.3, 0.4) is 0 Å². The second-order valence-corrected chi connectivity index (χ2v) is 9.80. The Bertz CT molecular complexity index is 1090. The summed E-state index contributed by atoms with van der Waals surface area (Å²) in [5.74, 6) is 0.340. The Labute approximate surface area is 219 Å². The van der Waals surface area contributed by atoms with Gasteiger partial charge in [0.15, 0.2) is 0 Å². The number of anilines is 2. The SMILES string of the molecule is CCCCCCCN(C(=O)Nc1ccccc1)c1cccc(Sc2ccc(OC(=O)CCC)cc2)c1. The maximum Gasteiger partial charge on any atom is 0.326 e. The highest BCUT2D eigenvalue weighted by atomic mass is 32.2. The van der Waals surface area contributed by atoms with Crippen LogP contribution in [0, 0.1) is 0 Å². The molecule has 0 saturated carbocycles. The topological polar surface area (TPSA) is 58.6 Å². The molecule has 2 amide bonds. The number of carbonyl (C=O) groups is 2. The zero-order valence-electron chi connectivity index (χ0n) is 21.2. The van der Waals surface area contributed by atoms with Gasteiger partial charge in [-0.2, -0.15) is 0 Å². The Morgan fingerprint density at radius 2 is 1.56 bits per heavy atom. The molecule has 0 aliphatic carbocycles. The van der Waals surface area contributed by atoms with Crippen LogP contribution in [0.2, 0.25) is 0 Å². The summed E-state index contributed by atoms with van der Waals surface area (Å²) in [5.41, 5.74) is 1.65. The standard InChI is InChI=1S/C30H36N2O3S/c1-3-5-6-7-11-22-32(30(34)31-24-14-9-8-10-15-24)25-16-12-17-28(23-25)36-27-20-18-26(19-21-27)35-29(33)13-4-2/h8-10,12,14-21,23H,3-7,11,13,22H2,1-2H3,(H,31,34). The highest BCUT2D eigenvalue weighted by Gasteiger charge is 2.16.